The third-order valence-corrected chi connectivity index (χ3v) is 3.76. The van der Waals surface area contributed by atoms with Gasteiger partial charge >= 0.3 is 0 Å². The minimum absolute atomic E-state index is 0.105. The Labute approximate surface area is 133 Å². The minimum atomic E-state index is -0.424. The normalized spacial score (nSPS) is 10.9. The molecule has 2 aromatic carbocycles. The average molecular weight is 316 g/mol. The monoisotopic (exact) mass is 315 g/mol. The molecule has 0 radical (unpaired) electrons. The summed E-state index contributed by atoms with van der Waals surface area (Å²) in [7, 11) is 0. The van der Waals surface area contributed by atoms with Crippen LogP contribution in [0.5, 0.6) is 5.75 Å². The van der Waals surface area contributed by atoms with E-state index in [-0.39, 0.29) is 5.02 Å². The van der Waals surface area contributed by atoms with Crippen LogP contribution in [0.25, 0.3) is 10.9 Å². The first-order valence-electron chi connectivity index (χ1n) is 7.12. The molecule has 0 atom stereocenters. The Balaban J connectivity index is 1.79. The van der Waals surface area contributed by atoms with Gasteiger partial charge in [0.1, 0.15) is 18.2 Å². The maximum Gasteiger partial charge on any atom is 0.141 e. The van der Waals surface area contributed by atoms with Crippen molar-refractivity contribution in [1.29, 1.82) is 0 Å². The lowest BCUT2D eigenvalue weighted by Gasteiger charge is -2.08. The topological polar surface area (TPSA) is 22.1 Å². The van der Waals surface area contributed by atoms with Crippen LogP contribution in [0.4, 0.5) is 4.39 Å². The van der Waals surface area contributed by atoms with Crippen LogP contribution in [0.2, 0.25) is 5.02 Å². The lowest BCUT2D eigenvalue weighted by atomic mass is 10.2. The average Bonchev–Trinajstić information content (AvgIpc) is 2.55. The molecule has 0 aliphatic carbocycles. The molecule has 4 heteroatoms. The number of fused-ring (bicyclic) bond motifs is 1. The molecule has 0 spiro atoms. The summed E-state index contributed by atoms with van der Waals surface area (Å²) in [5, 5.41) is 1.18. The summed E-state index contributed by atoms with van der Waals surface area (Å²) < 4.78 is 18.9. The van der Waals surface area contributed by atoms with Crippen molar-refractivity contribution in [3.8, 4) is 5.75 Å². The van der Waals surface area contributed by atoms with Gasteiger partial charge in [0.2, 0.25) is 0 Å². The van der Waals surface area contributed by atoms with Gasteiger partial charge in [-0.25, -0.2) is 4.39 Å². The largest absolute Gasteiger partial charge is 0.489 e. The van der Waals surface area contributed by atoms with Crippen molar-refractivity contribution < 1.29 is 9.13 Å². The third-order valence-electron chi connectivity index (χ3n) is 3.47. The predicted molar refractivity (Wildman–Crippen MR) is 86.9 cm³/mol. The van der Waals surface area contributed by atoms with Gasteiger partial charge in [-0.3, -0.25) is 4.98 Å². The summed E-state index contributed by atoms with van der Waals surface area (Å²) in [6.07, 6.45) is 0.898. The van der Waals surface area contributed by atoms with E-state index in [4.69, 9.17) is 16.3 Å². The van der Waals surface area contributed by atoms with E-state index in [1.807, 2.05) is 24.3 Å². The molecule has 3 rings (SSSR count). The molecule has 1 aromatic heterocycles. The molecule has 0 aliphatic heterocycles. The first-order chi connectivity index (χ1) is 10.7. The molecule has 2 nitrogen and oxygen atoms in total. The first kappa shape index (κ1) is 14.8. The molecule has 22 heavy (non-hydrogen) atoms. The van der Waals surface area contributed by atoms with Crippen molar-refractivity contribution in [2.45, 2.75) is 20.0 Å². The van der Waals surface area contributed by atoms with E-state index < -0.39 is 5.82 Å². The van der Waals surface area contributed by atoms with Gasteiger partial charge in [0.15, 0.2) is 0 Å². The summed E-state index contributed by atoms with van der Waals surface area (Å²) in [5.41, 5.74) is 2.78. The zero-order valence-corrected chi connectivity index (χ0v) is 12.9. The molecule has 0 N–H and O–H groups in total. The maximum absolute atomic E-state index is 13.1. The second-order valence-electron chi connectivity index (χ2n) is 5.05. The van der Waals surface area contributed by atoms with Crippen LogP contribution in [0, 0.1) is 5.82 Å². The highest BCUT2D eigenvalue weighted by Gasteiger charge is 2.03. The minimum Gasteiger partial charge on any atom is -0.489 e. The number of benzene rings is 2. The zero-order chi connectivity index (χ0) is 15.5. The van der Waals surface area contributed by atoms with Crippen molar-refractivity contribution in [2.75, 3.05) is 0 Å². The van der Waals surface area contributed by atoms with E-state index in [1.54, 1.807) is 12.1 Å². The Morgan fingerprint density at radius 2 is 1.91 bits per heavy atom. The first-order valence-corrected chi connectivity index (χ1v) is 7.50. The number of pyridine rings is 1. The zero-order valence-electron chi connectivity index (χ0n) is 12.1. The fraction of sp³-hybridized carbons (Fsp3) is 0.167. The van der Waals surface area contributed by atoms with Crippen molar-refractivity contribution in [2.24, 2.45) is 0 Å². The van der Waals surface area contributed by atoms with E-state index in [9.17, 15) is 4.39 Å². The molecule has 1 heterocycles. The van der Waals surface area contributed by atoms with E-state index in [1.165, 1.54) is 6.07 Å². The predicted octanol–water partition coefficient (Wildman–Crippen LogP) is 5.17. The molecule has 0 aliphatic rings. The standard InChI is InChI=1S/C18H15ClFNO/c1-2-14-6-4-13-5-7-15(10-18(13)21-14)22-11-12-3-8-17(20)16(19)9-12/h3-10H,2,11H2,1H3. The molecule has 112 valence electrons. The smallest absolute Gasteiger partial charge is 0.141 e. The van der Waals surface area contributed by atoms with E-state index in [0.717, 1.165) is 34.3 Å². The van der Waals surface area contributed by atoms with E-state index >= 15 is 0 Å². The quantitative estimate of drug-likeness (QED) is 0.662. The second kappa shape index (κ2) is 6.32. The maximum atomic E-state index is 13.1. The number of aromatic nitrogens is 1. The molecular weight excluding hydrogens is 301 g/mol. The van der Waals surface area contributed by atoms with Crippen LogP contribution < -0.4 is 4.74 Å². The molecule has 0 bridgehead atoms. The Morgan fingerprint density at radius 1 is 1.09 bits per heavy atom. The van der Waals surface area contributed by atoms with Gasteiger partial charge in [-0.1, -0.05) is 30.7 Å². The number of nitrogens with zero attached hydrogens (tertiary/aromatic N) is 1. The number of hydrogen-bond acceptors (Lipinski definition) is 2. The highest BCUT2D eigenvalue weighted by Crippen LogP contribution is 2.22. The molecule has 0 saturated heterocycles. The van der Waals surface area contributed by atoms with Gasteiger partial charge in [0, 0.05) is 17.1 Å². The van der Waals surface area contributed by atoms with Crippen LogP contribution >= 0.6 is 11.6 Å². The van der Waals surface area contributed by atoms with Crippen molar-refractivity contribution in [3.05, 3.63) is 70.6 Å². The number of halogens is 2. The Morgan fingerprint density at radius 3 is 2.68 bits per heavy atom. The van der Waals surface area contributed by atoms with Crippen LogP contribution in [-0.4, -0.2) is 4.98 Å². The van der Waals surface area contributed by atoms with E-state index in [2.05, 4.69) is 18.0 Å². The number of aryl methyl sites for hydroxylation is 1. The fourth-order valence-corrected chi connectivity index (χ4v) is 2.43. The van der Waals surface area contributed by atoms with Crippen LogP contribution in [-0.2, 0) is 13.0 Å². The van der Waals surface area contributed by atoms with Crippen LogP contribution in [0.15, 0.2) is 48.5 Å². The summed E-state index contributed by atoms with van der Waals surface area (Å²) >= 11 is 5.77. The van der Waals surface area contributed by atoms with Gasteiger partial charge in [-0.15, -0.1) is 0 Å². The van der Waals surface area contributed by atoms with Gasteiger partial charge < -0.3 is 4.74 Å². The van der Waals surface area contributed by atoms with Crippen molar-refractivity contribution >= 4 is 22.5 Å². The molecule has 0 amide bonds. The fourth-order valence-electron chi connectivity index (χ4n) is 2.22. The van der Waals surface area contributed by atoms with Crippen LogP contribution in [0.3, 0.4) is 0 Å². The molecule has 0 unspecified atom stereocenters. The van der Waals surface area contributed by atoms with Crippen molar-refractivity contribution in [3.63, 3.8) is 0 Å². The van der Waals surface area contributed by atoms with Gasteiger partial charge in [-0.05, 0) is 42.3 Å². The Kier molecular flexibility index (Phi) is 4.25. The highest BCUT2D eigenvalue weighted by atomic mass is 35.5. The van der Waals surface area contributed by atoms with Gasteiger partial charge in [-0.2, -0.15) is 0 Å². The SMILES string of the molecule is CCc1ccc2ccc(OCc3ccc(F)c(Cl)c3)cc2n1. The second-order valence-corrected chi connectivity index (χ2v) is 5.45. The van der Waals surface area contributed by atoms with Crippen molar-refractivity contribution in [1.82, 2.24) is 4.98 Å². The Bertz CT molecular complexity index is 819. The lowest BCUT2D eigenvalue weighted by molar-refractivity contribution is 0.306. The Hall–Kier alpha value is -2.13. The highest BCUT2D eigenvalue weighted by molar-refractivity contribution is 6.30. The van der Waals surface area contributed by atoms with E-state index in [0.29, 0.717) is 6.61 Å². The third kappa shape index (κ3) is 3.20. The van der Waals surface area contributed by atoms with Gasteiger partial charge in [0.25, 0.3) is 0 Å². The number of ether oxygens (including phenoxy) is 1. The summed E-state index contributed by atoms with van der Waals surface area (Å²) in [6.45, 7) is 2.41. The number of rotatable bonds is 4. The summed E-state index contributed by atoms with van der Waals surface area (Å²) in [5.74, 6) is 0.307. The molecule has 3 aromatic rings. The summed E-state index contributed by atoms with van der Waals surface area (Å²) in [6, 6.07) is 14.5. The number of hydrogen-bond donors (Lipinski definition) is 0. The summed E-state index contributed by atoms with van der Waals surface area (Å²) in [4.78, 5) is 4.58. The molecule has 0 fully saturated rings. The van der Waals surface area contributed by atoms with Crippen LogP contribution in [0.1, 0.15) is 18.2 Å². The molecule has 0 saturated carbocycles. The van der Waals surface area contributed by atoms with Gasteiger partial charge in [0.05, 0.1) is 10.5 Å². The lowest BCUT2D eigenvalue weighted by Crippen LogP contribution is -1.96. The molecular formula is C18H15ClFNO.